The number of anilines is 1. The highest BCUT2D eigenvalue weighted by atomic mass is 16.1. The van der Waals surface area contributed by atoms with E-state index in [9.17, 15) is 4.79 Å². The molecule has 0 unspecified atom stereocenters. The quantitative estimate of drug-likeness (QED) is 0.565. The molecule has 0 fully saturated rings. The number of nitrogens with two attached hydrogens (primary N) is 1. The first-order valence-electron chi connectivity index (χ1n) is 8.39. The molecule has 0 aliphatic rings. The number of pyridine rings is 1. The number of benzene rings is 1. The van der Waals surface area contributed by atoms with E-state index in [2.05, 4.69) is 25.5 Å². The van der Waals surface area contributed by atoms with Gasteiger partial charge in [0.1, 0.15) is 23.4 Å². The molecule has 0 saturated heterocycles. The summed E-state index contributed by atoms with van der Waals surface area (Å²) in [6.07, 6.45) is 1.53. The number of rotatable bonds is 5. The third-order valence-corrected chi connectivity index (χ3v) is 4.19. The lowest BCUT2D eigenvalue weighted by Crippen LogP contribution is -2.14. The van der Waals surface area contributed by atoms with Gasteiger partial charge in [0.2, 0.25) is 5.82 Å². The second kappa shape index (κ2) is 6.83. The topological polar surface area (TPSA) is 111 Å². The van der Waals surface area contributed by atoms with E-state index in [1.54, 1.807) is 16.5 Å². The van der Waals surface area contributed by atoms with E-state index < -0.39 is 5.91 Å². The molecule has 27 heavy (non-hydrogen) atoms. The molecule has 3 aromatic heterocycles. The van der Waals surface area contributed by atoms with Crippen molar-refractivity contribution in [3.8, 4) is 11.5 Å². The van der Waals surface area contributed by atoms with Crippen LogP contribution in [0.1, 0.15) is 21.7 Å². The number of imidazole rings is 1. The number of hydrogen-bond acceptors (Lipinski definition) is 6. The molecule has 0 atom stereocenters. The van der Waals surface area contributed by atoms with Crippen molar-refractivity contribution in [2.24, 2.45) is 5.73 Å². The Kier molecular flexibility index (Phi) is 4.21. The fourth-order valence-corrected chi connectivity index (χ4v) is 2.82. The highest BCUT2D eigenvalue weighted by Gasteiger charge is 2.15. The Morgan fingerprint density at radius 3 is 2.70 bits per heavy atom. The van der Waals surface area contributed by atoms with Gasteiger partial charge in [-0.3, -0.25) is 9.20 Å². The Balaban J connectivity index is 1.70. The normalized spacial score (nSPS) is 10.9. The first-order valence-corrected chi connectivity index (χ1v) is 8.39. The van der Waals surface area contributed by atoms with Crippen LogP contribution in [0, 0.1) is 6.92 Å². The fraction of sp³-hybridized carbons (Fsp3) is 0.105. The summed E-state index contributed by atoms with van der Waals surface area (Å²) in [6.45, 7) is 2.46. The molecule has 4 rings (SSSR count). The van der Waals surface area contributed by atoms with Crippen LogP contribution in [0.5, 0.6) is 0 Å². The van der Waals surface area contributed by atoms with Gasteiger partial charge in [-0.25, -0.2) is 9.97 Å². The predicted molar refractivity (Wildman–Crippen MR) is 101 cm³/mol. The summed E-state index contributed by atoms with van der Waals surface area (Å²) in [5.74, 6) is 0.481. The van der Waals surface area contributed by atoms with E-state index in [4.69, 9.17) is 5.73 Å². The van der Waals surface area contributed by atoms with Gasteiger partial charge < -0.3 is 11.1 Å². The van der Waals surface area contributed by atoms with Gasteiger partial charge in [0.15, 0.2) is 5.82 Å². The summed E-state index contributed by atoms with van der Waals surface area (Å²) >= 11 is 0. The number of aromatic nitrogens is 5. The highest BCUT2D eigenvalue weighted by Crippen LogP contribution is 2.22. The van der Waals surface area contributed by atoms with E-state index in [0.717, 1.165) is 5.56 Å². The molecule has 3 N–H and O–H groups in total. The largest absolute Gasteiger partial charge is 0.364 e. The number of carbonyl (C=O) groups excluding carboxylic acids is 1. The van der Waals surface area contributed by atoms with Crippen LogP contribution in [0.4, 0.5) is 5.82 Å². The first-order chi connectivity index (χ1) is 13.1. The molecule has 0 saturated carbocycles. The van der Waals surface area contributed by atoms with E-state index >= 15 is 0 Å². The summed E-state index contributed by atoms with van der Waals surface area (Å²) in [7, 11) is 0. The number of carbonyl (C=O) groups is 1. The van der Waals surface area contributed by atoms with E-state index in [1.807, 2.05) is 43.3 Å². The molecule has 0 bridgehead atoms. The molecular weight excluding hydrogens is 342 g/mol. The minimum atomic E-state index is -0.530. The lowest BCUT2D eigenvalue weighted by molar-refractivity contribution is 0.0994. The highest BCUT2D eigenvalue weighted by molar-refractivity contribution is 5.92. The maximum Gasteiger partial charge on any atom is 0.265 e. The van der Waals surface area contributed by atoms with Gasteiger partial charge in [-0.15, -0.1) is 10.2 Å². The number of aryl methyl sites for hydroxylation is 1. The predicted octanol–water partition coefficient (Wildman–Crippen LogP) is 2.21. The van der Waals surface area contributed by atoms with Gasteiger partial charge in [-0.1, -0.05) is 36.4 Å². The van der Waals surface area contributed by atoms with Crippen LogP contribution < -0.4 is 11.1 Å². The first kappa shape index (κ1) is 16.6. The summed E-state index contributed by atoms with van der Waals surface area (Å²) in [6, 6.07) is 15.2. The Hall–Kier alpha value is -3.81. The van der Waals surface area contributed by atoms with Crippen molar-refractivity contribution in [1.29, 1.82) is 0 Å². The van der Waals surface area contributed by atoms with Crippen molar-refractivity contribution in [3.63, 3.8) is 0 Å². The summed E-state index contributed by atoms with van der Waals surface area (Å²) in [5, 5.41) is 11.7. The maximum absolute atomic E-state index is 11.6. The number of primary amides is 1. The van der Waals surface area contributed by atoms with Gasteiger partial charge in [0.05, 0.1) is 5.52 Å². The molecule has 8 nitrogen and oxygen atoms in total. The van der Waals surface area contributed by atoms with Crippen LogP contribution in [-0.4, -0.2) is 30.5 Å². The Morgan fingerprint density at radius 1 is 1.11 bits per heavy atom. The van der Waals surface area contributed by atoms with E-state index in [-0.39, 0.29) is 0 Å². The average molecular weight is 359 g/mol. The zero-order chi connectivity index (χ0) is 18.8. The van der Waals surface area contributed by atoms with Crippen molar-refractivity contribution < 1.29 is 4.79 Å². The lowest BCUT2D eigenvalue weighted by atomic mass is 10.2. The van der Waals surface area contributed by atoms with E-state index in [1.165, 1.54) is 6.33 Å². The SMILES string of the molecule is Cc1nnc(-c2ncn3c(C(N)=O)cccc23)nc1NCc1ccccc1. The van der Waals surface area contributed by atoms with Crippen molar-refractivity contribution in [1.82, 2.24) is 24.6 Å². The maximum atomic E-state index is 11.6. The van der Waals surface area contributed by atoms with Crippen LogP contribution >= 0.6 is 0 Å². The number of nitrogens with zero attached hydrogens (tertiary/aromatic N) is 5. The summed E-state index contributed by atoms with van der Waals surface area (Å²) < 4.78 is 1.62. The van der Waals surface area contributed by atoms with Gasteiger partial charge >= 0.3 is 0 Å². The molecule has 0 radical (unpaired) electrons. The van der Waals surface area contributed by atoms with Gasteiger partial charge in [0.25, 0.3) is 5.91 Å². The summed E-state index contributed by atoms with van der Waals surface area (Å²) in [4.78, 5) is 20.5. The third-order valence-electron chi connectivity index (χ3n) is 4.19. The van der Waals surface area contributed by atoms with Crippen LogP contribution in [0.3, 0.4) is 0 Å². The monoisotopic (exact) mass is 359 g/mol. The van der Waals surface area contributed by atoms with Crippen molar-refractivity contribution >= 4 is 17.2 Å². The van der Waals surface area contributed by atoms with Crippen LogP contribution in [0.15, 0.2) is 54.9 Å². The molecule has 3 heterocycles. The van der Waals surface area contributed by atoms with Gasteiger partial charge in [-0.2, -0.15) is 0 Å². The molecule has 0 aliphatic heterocycles. The Labute approximate surface area is 155 Å². The summed E-state index contributed by atoms with van der Waals surface area (Å²) in [5.41, 5.74) is 8.81. The molecule has 8 heteroatoms. The fourth-order valence-electron chi connectivity index (χ4n) is 2.82. The van der Waals surface area contributed by atoms with Crippen LogP contribution in [0.25, 0.3) is 17.0 Å². The number of nitrogens with one attached hydrogen (secondary N) is 1. The van der Waals surface area contributed by atoms with Crippen LogP contribution in [0.2, 0.25) is 0 Å². The minimum Gasteiger partial charge on any atom is -0.364 e. The van der Waals surface area contributed by atoms with Gasteiger partial charge in [-0.05, 0) is 24.6 Å². The smallest absolute Gasteiger partial charge is 0.265 e. The standard InChI is InChI=1S/C19H17N7O/c1-12-18(21-10-13-6-3-2-4-7-13)23-19(25-24-12)16-14-8-5-9-15(17(20)27)26(14)11-22-16/h2-9,11H,10H2,1H3,(H2,20,27)(H,21,23,25). The van der Waals surface area contributed by atoms with Crippen molar-refractivity contribution in [2.75, 3.05) is 5.32 Å². The molecule has 1 amide bonds. The molecule has 0 spiro atoms. The van der Waals surface area contributed by atoms with E-state index in [0.29, 0.717) is 40.8 Å². The molecule has 0 aliphatic carbocycles. The minimum absolute atomic E-state index is 0.341. The number of hydrogen-bond donors (Lipinski definition) is 2. The van der Waals surface area contributed by atoms with Crippen LogP contribution in [-0.2, 0) is 6.54 Å². The second-order valence-electron chi connectivity index (χ2n) is 6.03. The second-order valence-corrected chi connectivity index (χ2v) is 6.03. The zero-order valence-corrected chi connectivity index (χ0v) is 14.6. The molecular formula is C19H17N7O. The Morgan fingerprint density at radius 2 is 1.93 bits per heavy atom. The van der Waals surface area contributed by atoms with Crippen molar-refractivity contribution in [2.45, 2.75) is 13.5 Å². The lowest BCUT2D eigenvalue weighted by Gasteiger charge is -2.08. The van der Waals surface area contributed by atoms with Gasteiger partial charge in [0, 0.05) is 6.54 Å². The Bertz CT molecular complexity index is 1120. The zero-order valence-electron chi connectivity index (χ0n) is 14.6. The molecule has 1 aromatic carbocycles. The third kappa shape index (κ3) is 3.20. The van der Waals surface area contributed by atoms with Crippen molar-refractivity contribution in [3.05, 3.63) is 71.8 Å². The number of amides is 1. The number of fused-ring (bicyclic) bond motifs is 1. The molecule has 4 aromatic rings. The average Bonchev–Trinajstić information content (AvgIpc) is 3.12. The molecule has 134 valence electrons.